The quantitative estimate of drug-likeness (QED) is 0.369. The van der Waals surface area contributed by atoms with Gasteiger partial charge in [-0.25, -0.2) is 4.79 Å². The van der Waals surface area contributed by atoms with Gasteiger partial charge in [-0.1, -0.05) is 23.7 Å². The number of hydrogen-bond acceptors (Lipinski definition) is 5. The second-order valence-corrected chi connectivity index (χ2v) is 5.72. The molecule has 134 valence electrons. The first-order valence-corrected chi connectivity index (χ1v) is 7.81. The highest BCUT2D eigenvalue weighted by Crippen LogP contribution is 2.25. The zero-order valence-corrected chi connectivity index (χ0v) is 14.7. The van der Waals surface area contributed by atoms with Gasteiger partial charge >= 0.3 is 5.97 Å². The highest BCUT2D eigenvalue weighted by Gasteiger charge is 2.12. The van der Waals surface area contributed by atoms with E-state index in [4.69, 9.17) is 11.6 Å². The van der Waals surface area contributed by atoms with Gasteiger partial charge in [0.25, 0.3) is 5.69 Å². The molecule has 0 atom stereocenters. The third-order valence-corrected chi connectivity index (χ3v) is 3.83. The molecule has 1 N–H and O–H groups in total. The normalized spacial score (nSPS) is 10.6. The summed E-state index contributed by atoms with van der Waals surface area (Å²) < 4.78 is 4.65. The minimum Gasteiger partial charge on any atom is -0.465 e. The Morgan fingerprint density at radius 2 is 1.96 bits per heavy atom. The van der Waals surface area contributed by atoms with Crippen LogP contribution in [0.15, 0.2) is 42.5 Å². The fourth-order valence-corrected chi connectivity index (χ4v) is 2.31. The summed E-state index contributed by atoms with van der Waals surface area (Å²) in [5, 5.41) is 13.6. The number of aryl methyl sites for hydroxylation is 1. The number of anilines is 1. The van der Waals surface area contributed by atoms with Crippen LogP contribution < -0.4 is 5.32 Å². The first-order valence-electron chi connectivity index (χ1n) is 7.44. The van der Waals surface area contributed by atoms with Crippen molar-refractivity contribution in [3.05, 3.63) is 74.3 Å². The standard InChI is InChI=1S/C18H15ClN2O5/c1-11-3-6-13(18(23)26-2)10-15(11)20-17(22)8-5-12-4-7-14(19)16(9-12)21(24)25/h3-10H,1-2H3,(H,20,22)/b8-5+. The molecule has 0 spiro atoms. The van der Waals surface area contributed by atoms with Crippen LogP contribution in [-0.4, -0.2) is 23.9 Å². The summed E-state index contributed by atoms with van der Waals surface area (Å²) >= 11 is 5.75. The van der Waals surface area contributed by atoms with E-state index in [1.54, 1.807) is 25.1 Å². The van der Waals surface area contributed by atoms with Crippen LogP contribution in [-0.2, 0) is 9.53 Å². The monoisotopic (exact) mass is 374 g/mol. The fourth-order valence-electron chi connectivity index (χ4n) is 2.12. The number of nitro benzene ring substituents is 1. The number of carbonyl (C=O) groups excluding carboxylic acids is 2. The van der Waals surface area contributed by atoms with Crippen LogP contribution in [0.5, 0.6) is 0 Å². The molecule has 26 heavy (non-hydrogen) atoms. The van der Waals surface area contributed by atoms with Crippen LogP contribution in [0.1, 0.15) is 21.5 Å². The number of amides is 1. The summed E-state index contributed by atoms with van der Waals surface area (Å²) in [6.45, 7) is 1.78. The van der Waals surface area contributed by atoms with Gasteiger partial charge < -0.3 is 10.1 Å². The highest BCUT2D eigenvalue weighted by atomic mass is 35.5. The van der Waals surface area contributed by atoms with E-state index in [2.05, 4.69) is 10.1 Å². The van der Waals surface area contributed by atoms with Crippen LogP contribution in [0, 0.1) is 17.0 Å². The zero-order valence-electron chi connectivity index (χ0n) is 14.0. The molecule has 2 aromatic carbocycles. The molecular formula is C18H15ClN2O5. The maximum atomic E-state index is 12.1. The van der Waals surface area contributed by atoms with Gasteiger partial charge in [0, 0.05) is 17.8 Å². The topological polar surface area (TPSA) is 98.5 Å². The number of ether oxygens (including phenoxy) is 1. The SMILES string of the molecule is COC(=O)c1ccc(C)c(NC(=O)/C=C/c2ccc(Cl)c([N+](=O)[O-])c2)c1. The third kappa shape index (κ3) is 4.67. The second kappa shape index (κ2) is 8.26. The van der Waals surface area contributed by atoms with Crippen molar-refractivity contribution in [1.82, 2.24) is 0 Å². The Labute approximate surface area is 154 Å². The van der Waals surface area contributed by atoms with Crippen molar-refractivity contribution < 1.29 is 19.2 Å². The zero-order chi connectivity index (χ0) is 19.3. The molecule has 0 aliphatic heterocycles. The van der Waals surface area contributed by atoms with Gasteiger partial charge in [0.05, 0.1) is 17.6 Å². The van der Waals surface area contributed by atoms with Gasteiger partial charge in [-0.05, 0) is 42.3 Å². The predicted octanol–water partition coefficient (Wildman–Crippen LogP) is 4.00. The molecule has 0 aliphatic carbocycles. The highest BCUT2D eigenvalue weighted by molar-refractivity contribution is 6.32. The second-order valence-electron chi connectivity index (χ2n) is 5.31. The number of nitro groups is 1. The number of nitrogens with one attached hydrogen (secondary N) is 1. The molecule has 7 nitrogen and oxygen atoms in total. The summed E-state index contributed by atoms with van der Waals surface area (Å²) in [5.41, 5.74) is 1.75. The molecule has 0 saturated carbocycles. The Morgan fingerprint density at radius 1 is 1.23 bits per heavy atom. The molecule has 0 radical (unpaired) electrons. The molecule has 2 rings (SSSR count). The summed E-state index contributed by atoms with van der Waals surface area (Å²) in [5.74, 6) is -0.961. The molecule has 0 aliphatic rings. The van der Waals surface area contributed by atoms with E-state index in [1.165, 1.54) is 37.5 Å². The lowest BCUT2D eigenvalue weighted by molar-refractivity contribution is -0.384. The molecular weight excluding hydrogens is 360 g/mol. The number of benzene rings is 2. The summed E-state index contributed by atoms with van der Waals surface area (Å²) in [6, 6.07) is 9.02. The third-order valence-electron chi connectivity index (χ3n) is 3.51. The van der Waals surface area contributed by atoms with Crippen LogP contribution in [0.4, 0.5) is 11.4 Å². The van der Waals surface area contributed by atoms with Crippen LogP contribution in [0.2, 0.25) is 5.02 Å². The van der Waals surface area contributed by atoms with Gasteiger partial charge in [0.15, 0.2) is 0 Å². The van der Waals surface area contributed by atoms with Crippen LogP contribution in [0.25, 0.3) is 6.08 Å². The Hall–Kier alpha value is -3.19. The van der Waals surface area contributed by atoms with Crippen molar-refractivity contribution in [2.75, 3.05) is 12.4 Å². The Bertz CT molecular complexity index is 908. The molecule has 2 aromatic rings. The number of methoxy groups -OCH3 is 1. The predicted molar refractivity (Wildman–Crippen MR) is 98.3 cm³/mol. The van der Waals surface area contributed by atoms with Crippen molar-refractivity contribution >= 4 is 40.9 Å². The molecule has 1 amide bonds. The fraction of sp³-hybridized carbons (Fsp3) is 0.111. The lowest BCUT2D eigenvalue weighted by Gasteiger charge is -2.08. The van der Waals surface area contributed by atoms with Gasteiger partial charge in [0.1, 0.15) is 5.02 Å². The Kier molecular flexibility index (Phi) is 6.08. The number of nitrogens with zero attached hydrogens (tertiary/aromatic N) is 1. The van der Waals surface area contributed by atoms with E-state index in [0.29, 0.717) is 16.8 Å². The maximum absolute atomic E-state index is 12.1. The molecule has 0 heterocycles. The van der Waals surface area contributed by atoms with Gasteiger partial charge in [-0.15, -0.1) is 0 Å². The molecule has 0 unspecified atom stereocenters. The number of hydrogen-bond donors (Lipinski definition) is 1. The van der Waals surface area contributed by atoms with E-state index in [1.807, 2.05) is 0 Å². The van der Waals surface area contributed by atoms with Crippen molar-refractivity contribution in [3.63, 3.8) is 0 Å². The molecule has 8 heteroatoms. The van der Waals surface area contributed by atoms with Crippen LogP contribution >= 0.6 is 11.6 Å². The summed E-state index contributed by atoms with van der Waals surface area (Å²) in [4.78, 5) is 34.0. The van der Waals surface area contributed by atoms with E-state index in [9.17, 15) is 19.7 Å². The molecule has 0 fully saturated rings. The lowest BCUT2D eigenvalue weighted by atomic mass is 10.1. The number of esters is 1. The van der Waals surface area contributed by atoms with Crippen molar-refractivity contribution in [3.8, 4) is 0 Å². The molecule has 0 aromatic heterocycles. The summed E-state index contributed by atoms with van der Waals surface area (Å²) in [7, 11) is 1.27. The number of rotatable bonds is 5. The minimum atomic E-state index is -0.596. The first-order chi connectivity index (χ1) is 12.3. The van der Waals surface area contributed by atoms with Crippen molar-refractivity contribution in [2.45, 2.75) is 6.92 Å². The summed E-state index contributed by atoms with van der Waals surface area (Å²) in [6.07, 6.45) is 2.66. The van der Waals surface area contributed by atoms with Gasteiger partial charge in [0.2, 0.25) is 5.91 Å². The van der Waals surface area contributed by atoms with Gasteiger partial charge in [-0.3, -0.25) is 14.9 Å². The Balaban J connectivity index is 2.16. The van der Waals surface area contributed by atoms with Crippen molar-refractivity contribution in [2.24, 2.45) is 0 Å². The van der Waals surface area contributed by atoms with E-state index < -0.39 is 16.8 Å². The average molecular weight is 375 g/mol. The van der Waals surface area contributed by atoms with E-state index in [-0.39, 0.29) is 10.7 Å². The maximum Gasteiger partial charge on any atom is 0.337 e. The van der Waals surface area contributed by atoms with E-state index >= 15 is 0 Å². The molecule has 0 bridgehead atoms. The number of carbonyl (C=O) groups is 2. The van der Waals surface area contributed by atoms with Crippen LogP contribution in [0.3, 0.4) is 0 Å². The molecule has 0 saturated heterocycles. The number of halogens is 1. The van der Waals surface area contributed by atoms with Gasteiger partial charge in [-0.2, -0.15) is 0 Å². The largest absolute Gasteiger partial charge is 0.465 e. The average Bonchev–Trinajstić information content (AvgIpc) is 2.62. The first kappa shape index (κ1) is 19.1. The minimum absolute atomic E-state index is 0.0202. The Morgan fingerprint density at radius 3 is 2.62 bits per heavy atom. The smallest absolute Gasteiger partial charge is 0.337 e. The van der Waals surface area contributed by atoms with E-state index in [0.717, 1.165) is 5.56 Å². The van der Waals surface area contributed by atoms with Crippen molar-refractivity contribution in [1.29, 1.82) is 0 Å². The lowest BCUT2D eigenvalue weighted by Crippen LogP contribution is -2.10.